The summed E-state index contributed by atoms with van der Waals surface area (Å²) in [7, 11) is 0. The maximum absolute atomic E-state index is 9.73. The summed E-state index contributed by atoms with van der Waals surface area (Å²) in [6.45, 7) is 2.41. The Morgan fingerprint density at radius 3 is 2.35 bits per heavy atom. The highest BCUT2D eigenvalue weighted by Crippen LogP contribution is 2.36. The van der Waals surface area contributed by atoms with E-state index in [0.717, 1.165) is 33.0 Å². The standard InChI is InChI=1S/C27H19Cl2NO/c1-18-5-4-6-19(11-18)17-31-27-25(28)13-20(14-26(27)29)12-24(16-30)23-10-9-21-7-2-3-8-22(21)15-23/h2-15H,17H2,1H3/b24-12-. The zero-order valence-electron chi connectivity index (χ0n) is 16.9. The van der Waals surface area contributed by atoms with Crippen LogP contribution in [0.25, 0.3) is 22.4 Å². The lowest BCUT2D eigenvalue weighted by Crippen LogP contribution is -1.97. The van der Waals surface area contributed by atoms with Crippen LogP contribution in [-0.2, 0) is 6.61 Å². The van der Waals surface area contributed by atoms with Gasteiger partial charge in [0.15, 0.2) is 5.75 Å². The molecular formula is C27H19Cl2NO. The number of nitrogens with zero attached hydrogens (tertiary/aromatic N) is 1. The minimum Gasteiger partial charge on any atom is -0.486 e. The van der Waals surface area contributed by atoms with Crippen LogP contribution in [0, 0.1) is 18.3 Å². The Kier molecular flexibility index (Phi) is 6.28. The first-order valence-electron chi connectivity index (χ1n) is 9.82. The van der Waals surface area contributed by atoms with Crippen molar-refractivity contribution in [2.45, 2.75) is 13.5 Å². The number of fused-ring (bicyclic) bond motifs is 1. The molecule has 0 N–H and O–H groups in total. The van der Waals surface area contributed by atoms with Crippen molar-refractivity contribution in [2.75, 3.05) is 0 Å². The van der Waals surface area contributed by atoms with E-state index in [1.54, 1.807) is 18.2 Å². The predicted molar refractivity (Wildman–Crippen MR) is 129 cm³/mol. The van der Waals surface area contributed by atoms with E-state index in [4.69, 9.17) is 27.9 Å². The van der Waals surface area contributed by atoms with E-state index < -0.39 is 0 Å². The molecular weight excluding hydrogens is 425 g/mol. The van der Waals surface area contributed by atoms with Gasteiger partial charge in [0.05, 0.1) is 21.7 Å². The summed E-state index contributed by atoms with van der Waals surface area (Å²) in [6, 6.07) is 27.9. The monoisotopic (exact) mass is 443 g/mol. The summed E-state index contributed by atoms with van der Waals surface area (Å²) in [4.78, 5) is 0. The first-order valence-corrected chi connectivity index (χ1v) is 10.6. The average Bonchev–Trinajstić information content (AvgIpc) is 2.76. The number of halogens is 2. The summed E-state index contributed by atoms with van der Waals surface area (Å²) in [5.41, 5.74) is 4.32. The molecule has 4 heteroatoms. The lowest BCUT2D eigenvalue weighted by atomic mass is 10.00. The normalized spacial score (nSPS) is 11.4. The third kappa shape index (κ3) is 4.91. The Bertz CT molecular complexity index is 1310. The smallest absolute Gasteiger partial charge is 0.157 e. The molecule has 0 saturated carbocycles. The van der Waals surface area contributed by atoms with Crippen molar-refractivity contribution in [3.63, 3.8) is 0 Å². The molecule has 0 heterocycles. The molecule has 0 amide bonds. The maximum atomic E-state index is 9.73. The molecule has 0 aromatic heterocycles. The summed E-state index contributed by atoms with van der Waals surface area (Å²) >= 11 is 12.9. The number of benzene rings is 4. The molecule has 0 fully saturated rings. The van der Waals surface area contributed by atoms with Crippen LogP contribution in [0.1, 0.15) is 22.3 Å². The second-order valence-electron chi connectivity index (χ2n) is 7.32. The second kappa shape index (κ2) is 9.27. The molecule has 4 aromatic rings. The Labute approximate surface area is 191 Å². The fraction of sp³-hybridized carbons (Fsp3) is 0.0741. The number of rotatable bonds is 5. The molecule has 0 saturated heterocycles. The van der Waals surface area contributed by atoms with E-state index >= 15 is 0 Å². The van der Waals surface area contributed by atoms with Gasteiger partial charge >= 0.3 is 0 Å². The number of allylic oxidation sites excluding steroid dienone is 1. The molecule has 0 unspecified atom stereocenters. The van der Waals surface area contributed by atoms with Gasteiger partial charge in [0.1, 0.15) is 6.61 Å². The molecule has 0 aliphatic carbocycles. The number of nitriles is 1. The molecule has 4 aromatic carbocycles. The molecule has 0 aliphatic rings. The Morgan fingerprint density at radius 2 is 1.65 bits per heavy atom. The molecule has 2 nitrogen and oxygen atoms in total. The van der Waals surface area contributed by atoms with Crippen molar-refractivity contribution in [3.05, 3.63) is 111 Å². The van der Waals surface area contributed by atoms with Gasteiger partial charge < -0.3 is 4.74 Å². The van der Waals surface area contributed by atoms with Gasteiger partial charge in [0.2, 0.25) is 0 Å². The van der Waals surface area contributed by atoms with Crippen LogP contribution >= 0.6 is 23.2 Å². The highest BCUT2D eigenvalue weighted by atomic mass is 35.5. The second-order valence-corrected chi connectivity index (χ2v) is 8.14. The minimum atomic E-state index is 0.372. The van der Waals surface area contributed by atoms with Gasteiger partial charge in [0, 0.05) is 0 Å². The minimum absolute atomic E-state index is 0.372. The van der Waals surface area contributed by atoms with Crippen molar-refractivity contribution < 1.29 is 4.74 Å². The van der Waals surface area contributed by atoms with Crippen LogP contribution in [0.5, 0.6) is 5.75 Å². The van der Waals surface area contributed by atoms with Crippen molar-refractivity contribution in [3.8, 4) is 11.8 Å². The van der Waals surface area contributed by atoms with Crippen LogP contribution < -0.4 is 4.74 Å². The zero-order valence-corrected chi connectivity index (χ0v) is 18.4. The molecule has 0 spiro atoms. The van der Waals surface area contributed by atoms with Crippen LogP contribution in [0.2, 0.25) is 10.0 Å². The van der Waals surface area contributed by atoms with Crippen LogP contribution in [-0.4, -0.2) is 0 Å². The lowest BCUT2D eigenvalue weighted by molar-refractivity contribution is 0.306. The first kappa shape index (κ1) is 21.0. The topological polar surface area (TPSA) is 33.0 Å². The summed E-state index contributed by atoms with van der Waals surface area (Å²) in [6.07, 6.45) is 1.78. The van der Waals surface area contributed by atoms with E-state index in [-0.39, 0.29) is 0 Å². The third-order valence-corrected chi connectivity index (χ3v) is 5.54. The fourth-order valence-corrected chi connectivity index (χ4v) is 4.07. The SMILES string of the molecule is Cc1cccc(COc2c(Cl)cc(/C=C(/C#N)c3ccc4ccccc4c3)cc2Cl)c1. The molecule has 0 atom stereocenters. The maximum Gasteiger partial charge on any atom is 0.157 e. The molecule has 4 rings (SSSR count). The molecule has 0 bridgehead atoms. The predicted octanol–water partition coefficient (Wildman–Crippen LogP) is 8.10. The quantitative estimate of drug-likeness (QED) is 0.230. The summed E-state index contributed by atoms with van der Waals surface area (Å²) in [5, 5.41) is 12.7. The average molecular weight is 444 g/mol. The Morgan fingerprint density at radius 1 is 0.903 bits per heavy atom. The highest BCUT2D eigenvalue weighted by molar-refractivity contribution is 6.37. The van der Waals surface area contributed by atoms with Crippen molar-refractivity contribution in [1.29, 1.82) is 5.26 Å². The third-order valence-electron chi connectivity index (χ3n) is 4.98. The number of ether oxygens (including phenoxy) is 1. The first-order chi connectivity index (χ1) is 15.0. The lowest BCUT2D eigenvalue weighted by Gasteiger charge is -2.12. The summed E-state index contributed by atoms with van der Waals surface area (Å²) in [5.74, 6) is 0.436. The van der Waals surface area contributed by atoms with Crippen molar-refractivity contribution in [2.24, 2.45) is 0 Å². The van der Waals surface area contributed by atoms with Gasteiger partial charge in [-0.15, -0.1) is 0 Å². The van der Waals surface area contributed by atoms with E-state index in [1.165, 1.54) is 0 Å². The number of hydrogen-bond acceptors (Lipinski definition) is 2. The van der Waals surface area contributed by atoms with Crippen molar-refractivity contribution >= 4 is 45.6 Å². The van der Waals surface area contributed by atoms with E-state index in [0.29, 0.717) is 28.0 Å². The van der Waals surface area contributed by atoms with Crippen LogP contribution in [0.4, 0.5) is 0 Å². The molecule has 0 radical (unpaired) electrons. The van der Waals surface area contributed by atoms with Gasteiger partial charge in [-0.2, -0.15) is 5.26 Å². The van der Waals surface area contributed by atoms with E-state index in [1.807, 2.05) is 67.6 Å². The van der Waals surface area contributed by atoms with Crippen LogP contribution in [0.3, 0.4) is 0 Å². The Hall–Kier alpha value is -3.25. The van der Waals surface area contributed by atoms with Gasteiger partial charge in [-0.1, -0.05) is 89.4 Å². The molecule has 31 heavy (non-hydrogen) atoms. The molecule has 152 valence electrons. The Balaban J connectivity index is 1.61. The summed E-state index contributed by atoms with van der Waals surface area (Å²) < 4.78 is 5.88. The van der Waals surface area contributed by atoms with E-state index in [2.05, 4.69) is 12.1 Å². The van der Waals surface area contributed by atoms with Crippen LogP contribution in [0.15, 0.2) is 78.9 Å². The largest absolute Gasteiger partial charge is 0.486 e. The van der Waals surface area contributed by atoms with Gasteiger partial charge in [0.25, 0.3) is 0 Å². The van der Waals surface area contributed by atoms with Gasteiger partial charge in [-0.05, 0) is 58.7 Å². The molecule has 0 aliphatic heterocycles. The van der Waals surface area contributed by atoms with E-state index in [9.17, 15) is 5.26 Å². The zero-order chi connectivity index (χ0) is 21.8. The van der Waals surface area contributed by atoms with Gasteiger partial charge in [-0.25, -0.2) is 0 Å². The number of hydrogen-bond donors (Lipinski definition) is 0. The highest BCUT2D eigenvalue weighted by Gasteiger charge is 2.11. The van der Waals surface area contributed by atoms with Gasteiger partial charge in [-0.3, -0.25) is 0 Å². The van der Waals surface area contributed by atoms with Crippen molar-refractivity contribution in [1.82, 2.24) is 0 Å². The number of aryl methyl sites for hydroxylation is 1. The fourth-order valence-electron chi connectivity index (χ4n) is 3.46.